The van der Waals surface area contributed by atoms with E-state index in [1.807, 2.05) is 45.0 Å². The van der Waals surface area contributed by atoms with Crippen molar-refractivity contribution in [3.8, 4) is 0 Å². The normalized spacial score (nSPS) is 29.9. The SMILES string of the molecule is CCC1(C)CC(Nc2ccccc2C)(C(=O)O)CCO1. The molecule has 0 saturated carbocycles. The largest absolute Gasteiger partial charge is 0.480 e. The summed E-state index contributed by atoms with van der Waals surface area (Å²) in [5.74, 6) is -0.802. The lowest BCUT2D eigenvalue weighted by Gasteiger charge is -2.44. The third-order valence-electron chi connectivity index (χ3n) is 4.33. The van der Waals surface area contributed by atoms with Crippen molar-refractivity contribution in [3.05, 3.63) is 29.8 Å². The molecule has 0 aliphatic carbocycles. The first kappa shape index (κ1) is 14.9. The molecule has 0 radical (unpaired) electrons. The highest BCUT2D eigenvalue weighted by Gasteiger charge is 2.48. The van der Waals surface area contributed by atoms with E-state index < -0.39 is 11.5 Å². The van der Waals surface area contributed by atoms with E-state index in [0.29, 0.717) is 19.4 Å². The van der Waals surface area contributed by atoms with Gasteiger partial charge in [0.1, 0.15) is 5.54 Å². The molecule has 0 spiro atoms. The van der Waals surface area contributed by atoms with E-state index in [9.17, 15) is 9.90 Å². The molecule has 1 aliphatic heterocycles. The minimum Gasteiger partial charge on any atom is -0.480 e. The second-order valence-electron chi connectivity index (χ2n) is 5.91. The summed E-state index contributed by atoms with van der Waals surface area (Å²) < 4.78 is 5.78. The Kier molecular flexibility index (Phi) is 4.04. The van der Waals surface area contributed by atoms with Crippen LogP contribution in [0.2, 0.25) is 0 Å². The fraction of sp³-hybridized carbons (Fsp3) is 0.562. The molecule has 1 fully saturated rings. The predicted octanol–water partition coefficient (Wildman–Crippen LogP) is 3.21. The van der Waals surface area contributed by atoms with Gasteiger partial charge in [-0.1, -0.05) is 25.1 Å². The van der Waals surface area contributed by atoms with Crippen LogP contribution in [0, 0.1) is 6.92 Å². The van der Waals surface area contributed by atoms with Gasteiger partial charge in [0.25, 0.3) is 0 Å². The molecule has 2 N–H and O–H groups in total. The fourth-order valence-corrected chi connectivity index (χ4v) is 2.79. The van der Waals surface area contributed by atoms with E-state index in [1.54, 1.807) is 0 Å². The number of carbonyl (C=O) groups is 1. The predicted molar refractivity (Wildman–Crippen MR) is 79.1 cm³/mol. The summed E-state index contributed by atoms with van der Waals surface area (Å²) in [6.45, 7) is 6.47. The van der Waals surface area contributed by atoms with Crippen LogP contribution in [0.4, 0.5) is 5.69 Å². The molecular weight excluding hydrogens is 254 g/mol. The monoisotopic (exact) mass is 277 g/mol. The molecule has 0 amide bonds. The molecule has 1 heterocycles. The van der Waals surface area contributed by atoms with Gasteiger partial charge >= 0.3 is 5.97 Å². The van der Waals surface area contributed by atoms with Gasteiger partial charge < -0.3 is 15.2 Å². The molecule has 1 saturated heterocycles. The summed E-state index contributed by atoms with van der Waals surface area (Å²) in [4.78, 5) is 11.9. The van der Waals surface area contributed by atoms with Crippen LogP contribution in [0.3, 0.4) is 0 Å². The molecule has 2 rings (SSSR count). The summed E-state index contributed by atoms with van der Waals surface area (Å²) in [6.07, 6.45) is 1.75. The van der Waals surface area contributed by atoms with Crippen LogP contribution < -0.4 is 5.32 Å². The zero-order valence-electron chi connectivity index (χ0n) is 12.4. The lowest BCUT2D eigenvalue weighted by Crippen LogP contribution is -2.56. The molecule has 1 aliphatic rings. The fourth-order valence-electron chi connectivity index (χ4n) is 2.79. The number of anilines is 1. The number of carboxylic acid groups (broad SMARTS) is 1. The molecular formula is C16H23NO3. The minimum absolute atomic E-state index is 0.383. The van der Waals surface area contributed by atoms with E-state index in [4.69, 9.17) is 4.74 Å². The van der Waals surface area contributed by atoms with Crippen molar-refractivity contribution in [2.24, 2.45) is 0 Å². The Hall–Kier alpha value is -1.55. The van der Waals surface area contributed by atoms with Crippen molar-refractivity contribution in [1.82, 2.24) is 0 Å². The highest BCUT2D eigenvalue weighted by atomic mass is 16.5. The molecule has 0 bridgehead atoms. The van der Waals surface area contributed by atoms with Gasteiger partial charge in [-0.05, 0) is 31.9 Å². The third-order valence-corrected chi connectivity index (χ3v) is 4.33. The van der Waals surface area contributed by atoms with Crippen molar-refractivity contribution < 1.29 is 14.6 Å². The molecule has 20 heavy (non-hydrogen) atoms. The molecule has 0 aromatic heterocycles. The van der Waals surface area contributed by atoms with Gasteiger partial charge in [-0.25, -0.2) is 4.79 Å². The minimum atomic E-state index is -0.949. The molecule has 1 aromatic rings. The van der Waals surface area contributed by atoms with Crippen molar-refractivity contribution in [2.45, 2.75) is 51.2 Å². The van der Waals surface area contributed by atoms with Crippen molar-refractivity contribution in [1.29, 1.82) is 0 Å². The van der Waals surface area contributed by atoms with Gasteiger partial charge in [0.05, 0.1) is 12.2 Å². The number of aryl methyl sites for hydroxylation is 1. The van der Waals surface area contributed by atoms with E-state index in [1.165, 1.54) is 0 Å². The van der Waals surface area contributed by atoms with Gasteiger partial charge in [-0.15, -0.1) is 0 Å². The van der Waals surface area contributed by atoms with Crippen molar-refractivity contribution in [2.75, 3.05) is 11.9 Å². The number of hydrogen-bond donors (Lipinski definition) is 2. The maximum Gasteiger partial charge on any atom is 0.329 e. The lowest BCUT2D eigenvalue weighted by atomic mass is 9.79. The molecule has 4 nitrogen and oxygen atoms in total. The zero-order chi connectivity index (χ0) is 14.8. The van der Waals surface area contributed by atoms with Crippen LogP contribution >= 0.6 is 0 Å². The van der Waals surface area contributed by atoms with Crippen LogP contribution in [-0.2, 0) is 9.53 Å². The van der Waals surface area contributed by atoms with Crippen LogP contribution in [0.1, 0.15) is 38.7 Å². The Balaban J connectivity index is 2.31. The topological polar surface area (TPSA) is 58.6 Å². The number of aliphatic carboxylic acids is 1. The second kappa shape index (κ2) is 5.44. The smallest absolute Gasteiger partial charge is 0.329 e. The lowest BCUT2D eigenvalue weighted by molar-refractivity contribution is -0.154. The molecule has 110 valence electrons. The summed E-state index contributed by atoms with van der Waals surface area (Å²) in [7, 11) is 0. The van der Waals surface area contributed by atoms with E-state index >= 15 is 0 Å². The van der Waals surface area contributed by atoms with E-state index in [-0.39, 0.29) is 5.60 Å². The number of para-hydroxylation sites is 1. The standard InChI is InChI=1S/C16H23NO3/c1-4-15(3)11-16(14(18)19,9-10-20-15)17-13-8-6-5-7-12(13)2/h5-8,17H,4,9-11H2,1-3H3,(H,18,19). The zero-order valence-corrected chi connectivity index (χ0v) is 12.4. The number of nitrogens with one attached hydrogen (secondary N) is 1. The molecule has 1 aromatic carbocycles. The van der Waals surface area contributed by atoms with Gasteiger partial charge in [0.2, 0.25) is 0 Å². The molecule has 2 atom stereocenters. The number of carboxylic acids is 1. The summed E-state index contributed by atoms with van der Waals surface area (Å²) in [6, 6.07) is 7.78. The van der Waals surface area contributed by atoms with Gasteiger partial charge in [-0.2, -0.15) is 0 Å². The first-order chi connectivity index (χ1) is 9.41. The second-order valence-corrected chi connectivity index (χ2v) is 5.91. The third kappa shape index (κ3) is 2.80. The highest BCUT2D eigenvalue weighted by molar-refractivity contribution is 5.83. The Morgan fingerprint density at radius 2 is 2.15 bits per heavy atom. The van der Waals surface area contributed by atoms with E-state index in [2.05, 4.69) is 5.32 Å². The Bertz CT molecular complexity index is 502. The number of benzene rings is 1. The van der Waals surface area contributed by atoms with Crippen LogP contribution in [0.5, 0.6) is 0 Å². The first-order valence-electron chi connectivity index (χ1n) is 7.12. The summed E-state index contributed by atoms with van der Waals surface area (Å²) >= 11 is 0. The number of rotatable bonds is 4. The van der Waals surface area contributed by atoms with Gasteiger partial charge in [0, 0.05) is 18.5 Å². The maximum absolute atomic E-state index is 11.9. The van der Waals surface area contributed by atoms with Crippen LogP contribution in [0.25, 0.3) is 0 Å². The van der Waals surface area contributed by atoms with Gasteiger partial charge in [-0.3, -0.25) is 0 Å². The molecule has 2 unspecified atom stereocenters. The first-order valence-corrected chi connectivity index (χ1v) is 7.12. The van der Waals surface area contributed by atoms with E-state index in [0.717, 1.165) is 17.7 Å². The number of ether oxygens (including phenoxy) is 1. The average molecular weight is 277 g/mol. The van der Waals surface area contributed by atoms with Gasteiger partial charge in [0.15, 0.2) is 0 Å². The Morgan fingerprint density at radius 1 is 1.45 bits per heavy atom. The quantitative estimate of drug-likeness (QED) is 0.887. The van der Waals surface area contributed by atoms with Crippen molar-refractivity contribution in [3.63, 3.8) is 0 Å². The molecule has 4 heteroatoms. The average Bonchev–Trinajstić information content (AvgIpc) is 2.41. The van der Waals surface area contributed by atoms with Crippen LogP contribution in [0.15, 0.2) is 24.3 Å². The number of hydrogen-bond acceptors (Lipinski definition) is 3. The Labute approximate surface area is 120 Å². The summed E-state index contributed by atoms with van der Waals surface area (Å²) in [5, 5.41) is 13.0. The summed E-state index contributed by atoms with van der Waals surface area (Å²) in [5.41, 5.74) is 0.606. The van der Waals surface area contributed by atoms with Crippen LogP contribution in [-0.4, -0.2) is 28.8 Å². The maximum atomic E-state index is 11.9. The highest BCUT2D eigenvalue weighted by Crippen LogP contribution is 2.37. The van der Waals surface area contributed by atoms with Crippen molar-refractivity contribution >= 4 is 11.7 Å². The Morgan fingerprint density at radius 3 is 2.75 bits per heavy atom.